The molecule has 1 rings (SSSR count). The highest BCUT2D eigenvalue weighted by Crippen LogP contribution is 3.08. The number of halogens is 9. The number of rotatable bonds is 4. The summed E-state index contributed by atoms with van der Waals surface area (Å²) >= 11 is 3.76. The first-order chi connectivity index (χ1) is 9.43. The van der Waals surface area contributed by atoms with Gasteiger partial charge in [0.05, 0.1) is 4.90 Å². The number of hydrogen-bond acceptors (Lipinski definition) is 2. The van der Waals surface area contributed by atoms with Crippen LogP contribution in [-0.2, 0) is 4.79 Å². The normalized spacial score (nSPS) is 16.6. The summed E-state index contributed by atoms with van der Waals surface area (Å²) in [6.07, 6.45) is 0. The van der Waals surface area contributed by atoms with Crippen LogP contribution < -0.4 is 4.74 Å². The van der Waals surface area contributed by atoms with E-state index in [9.17, 15) is 37.9 Å². The molecule has 0 aliphatic carbocycles. The van der Waals surface area contributed by atoms with Gasteiger partial charge in [-0.3, -0.25) is 4.79 Å². The van der Waals surface area contributed by atoms with Crippen LogP contribution in [0.15, 0.2) is 29.2 Å². The molecule has 0 radical (unpaired) electrons. The Morgan fingerprint density at radius 2 is 1.45 bits per heavy atom. The Labute approximate surface area is 123 Å². The van der Waals surface area contributed by atoms with Crippen LogP contribution in [0.1, 0.15) is 6.92 Å². The fraction of sp³-hybridized carbons (Fsp3) is 0.300. The Balaban J connectivity index is 3.51. The molecule has 0 saturated heterocycles. The van der Waals surface area contributed by atoms with Crippen LogP contribution in [0.4, 0.5) is 33.1 Å². The molecule has 0 amide bonds. The van der Waals surface area contributed by atoms with Gasteiger partial charge in [0.2, 0.25) is 9.84 Å². The van der Waals surface area contributed by atoms with Crippen LogP contribution in [0.5, 0.6) is 5.75 Å². The van der Waals surface area contributed by atoms with Gasteiger partial charge in [-0.15, -0.1) is 15.5 Å². The summed E-state index contributed by atoms with van der Waals surface area (Å²) in [6, 6.07) is 0.182. The van der Waals surface area contributed by atoms with Crippen molar-refractivity contribution in [3.63, 3.8) is 0 Å². The largest absolute Gasteiger partial charge is 0.434 e. The Morgan fingerprint density at radius 3 is 1.77 bits per heavy atom. The van der Waals surface area contributed by atoms with Crippen molar-refractivity contribution in [2.24, 2.45) is 0 Å². The standard InChI is InChI=1S/C10H7ClF8O2S/c1-6(20)21-7-2-4-8(5-3-7)22(16,17,18,19)10(14,15)9(11,12)13/h2-5H,1H3. The molecular weight excluding hydrogens is 372 g/mol. The van der Waals surface area contributed by atoms with E-state index in [2.05, 4.69) is 16.3 Å². The van der Waals surface area contributed by atoms with Gasteiger partial charge in [0, 0.05) is 6.92 Å². The van der Waals surface area contributed by atoms with E-state index in [1.54, 1.807) is 0 Å². The SMILES string of the molecule is CC(=O)Oc1ccc(S(F)(F)(F)(F)C(F)(F)C(F)(F)Cl)cc1. The minimum atomic E-state index is -10.8. The first-order valence-electron chi connectivity index (χ1n) is 5.15. The number of benzene rings is 1. The number of esters is 1. The van der Waals surface area contributed by atoms with E-state index < -0.39 is 37.1 Å². The average molecular weight is 379 g/mol. The van der Waals surface area contributed by atoms with Gasteiger partial charge in [-0.1, -0.05) is 0 Å². The van der Waals surface area contributed by atoms with E-state index in [1.807, 2.05) is 0 Å². The predicted octanol–water partition coefficient (Wildman–Crippen LogP) is 5.81. The molecule has 0 unspecified atom stereocenters. The zero-order chi connectivity index (χ0) is 17.7. The molecule has 0 spiro atoms. The lowest BCUT2D eigenvalue weighted by Crippen LogP contribution is -2.47. The van der Waals surface area contributed by atoms with Crippen LogP contribution in [0.3, 0.4) is 0 Å². The molecule has 0 bridgehead atoms. The fourth-order valence-corrected chi connectivity index (χ4v) is 3.24. The van der Waals surface area contributed by atoms with Gasteiger partial charge in [-0.2, -0.15) is 17.6 Å². The van der Waals surface area contributed by atoms with Crippen molar-refractivity contribution in [1.82, 2.24) is 0 Å². The predicted molar refractivity (Wildman–Crippen MR) is 63.8 cm³/mol. The van der Waals surface area contributed by atoms with Crippen molar-refractivity contribution in [2.45, 2.75) is 22.5 Å². The molecule has 0 N–H and O–H groups in total. The molecule has 22 heavy (non-hydrogen) atoms. The van der Waals surface area contributed by atoms with Crippen LogP contribution in [0, 0.1) is 0 Å². The Bertz CT molecular complexity index is 603. The van der Waals surface area contributed by atoms with Crippen molar-refractivity contribution in [3.05, 3.63) is 24.3 Å². The molecule has 0 fully saturated rings. The summed E-state index contributed by atoms with van der Waals surface area (Å²) < 4.78 is 110. The third kappa shape index (κ3) is 2.71. The lowest BCUT2D eigenvalue weighted by molar-refractivity contribution is -0.131. The summed E-state index contributed by atoms with van der Waals surface area (Å²) in [5.74, 6) is -1.47. The second-order valence-electron chi connectivity index (χ2n) is 4.15. The van der Waals surface area contributed by atoms with Crippen molar-refractivity contribution in [1.29, 1.82) is 0 Å². The van der Waals surface area contributed by atoms with Crippen molar-refractivity contribution >= 4 is 27.4 Å². The van der Waals surface area contributed by atoms with E-state index in [1.165, 1.54) is 0 Å². The molecule has 1 aromatic carbocycles. The summed E-state index contributed by atoms with van der Waals surface area (Å²) in [6.45, 7) is 0.894. The maximum Gasteiger partial charge on any atom is 0.434 e. The molecule has 0 saturated carbocycles. The van der Waals surface area contributed by atoms with Gasteiger partial charge in [-0.25, -0.2) is 0 Å². The van der Waals surface area contributed by atoms with Gasteiger partial charge in [-0.05, 0) is 35.9 Å². The van der Waals surface area contributed by atoms with Crippen LogP contribution in [0.2, 0.25) is 0 Å². The molecule has 0 aliphatic rings. The molecule has 12 heteroatoms. The topological polar surface area (TPSA) is 26.3 Å². The van der Waals surface area contributed by atoms with Crippen LogP contribution in [0.25, 0.3) is 0 Å². The quantitative estimate of drug-likeness (QED) is 0.286. The number of alkyl halides is 5. The highest BCUT2D eigenvalue weighted by Gasteiger charge is 2.90. The van der Waals surface area contributed by atoms with Gasteiger partial charge in [0.15, 0.2) is 0 Å². The fourth-order valence-electron chi connectivity index (χ4n) is 1.33. The van der Waals surface area contributed by atoms with Crippen molar-refractivity contribution < 1.29 is 42.6 Å². The zero-order valence-electron chi connectivity index (χ0n) is 10.4. The molecule has 0 aliphatic heterocycles. The van der Waals surface area contributed by atoms with Crippen molar-refractivity contribution in [2.75, 3.05) is 0 Å². The van der Waals surface area contributed by atoms with Crippen LogP contribution >= 0.6 is 21.4 Å². The van der Waals surface area contributed by atoms with Gasteiger partial charge >= 0.3 is 16.6 Å². The number of carbonyl (C=O) groups excluding carboxylic acids is 1. The van der Waals surface area contributed by atoms with Gasteiger partial charge in [0.1, 0.15) is 5.75 Å². The van der Waals surface area contributed by atoms with Gasteiger partial charge in [0.25, 0.3) is 0 Å². The Morgan fingerprint density at radius 1 is 1.05 bits per heavy atom. The highest BCUT2D eigenvalue weighted by molar-refractivity contribution is 8.50. The monoisotopic (exact) mass is 378 g/mol. The van der Waals surface area contributed by atoms with E-state index in [-0.39, 0.29) is 12.1 Å². The smallest absolute Gasteiger partial charge is 0.427 e. The van der Waals surface area contributed by atoms with Crippen molar-refractivity contribution in [3.8, 4) is 5.75 Å². The summed E-state index contributed by atoms with van der Waals surface area (Å²) in [7, 11) is -10.8. The highest BCUT2D eigenvalue weighted by atomic mass is 35.5. The van der Waals surface area contributed by atoms with Gasteiger partial charge < -0.3 is 4.74 Å². The minimum Gasteiger partial charge on any atom is -0.427 e. The second kappa shape index (κ2) is 4.40. The number of ether oxygens (including phenoxy) is 1. The molecule has 0 heterocycles. The lowest BCUT2D eigenvalue weighted by Gasteiger charge is -2.54. The third-order valence-corrected chi connectivity index (χ3v) is 5.26. The number of hydrogen-bond donors (Lipinski definition) is 0. The Kier molecular flexibility index (Phi) is 3.77. The third-order valence-electron chi connectivity index (χ3n) is 2.41. The second-order valence-corrected chi connectivity index (χ2v) is 7.75. The molecule has 2 nitrogen and oxygen atoms in total. The minimum absolute atomic E-state index is 0.240. The summed E-state index contributed by atoms with van der Waals surface area (Å²) in [5.41, 5.74) is 0. The van der Waals surface area contributed by atoms with E-state index in [0.29, 0.717) is 12.1 Å². The molecule has 1 aromatic rings. The average Bonchev–Trinajstić information content (AvgIpc) is 2.25. The summed E-state index contributed by atoms with van der Waals surface area (Å²) in [5, 5.41) is -13.3. The van der Waals surface area contributed by atoms with E-state index in [0.717, 1.165) is 6.92 Å². The maximum atomic E-state index is 13.6. The molecule has 128 valence electrons. The Hall–Kier alpha value is -1.23. The molecule has 0 atom stereocenters. The number of carbonyl (C=O) groups is 1. The first-order valence-corrected chi connectivity index (χ1v) is 7.58. The summed E-state index contributed by atoms with van der Waals surface area (Å²) in [4.78, 5) is 7.93. The zero-order valence-corrected chi connectivity index (χ0v) is 12.0. The molecular formula is C10H7ClF8O2S. The molecule has 0 aromatic heterocycles. The maximum absolute atomic E-state index is 13.6. The lowest BCUT2D eigenvalue weighted by atomic mass is 10.3. The van der Waals surface area contributed by atoms with E-state index in [4.69, 9.17) is 0 Å². The van der Waals surface area contributed by atoms with Crippen LogP contribution in [-0.4, -0.2) is 16.6 Å². The first kappa shape index (κ1) is 18.8. The van der Waals surface area contributed by atoms with E-state index >= 15 is 0 Å².